The number of benzene rings is 1. The van der Waals surface area contributed by atoms with Gasteiger partial charge in [-0.3, -0.25) is 4.79 Å². The van der Waals surface area contributed by atoms with Crippen LogP contribution in [0.1, 0.15) is 16.1 Å². The molecule has 0 bridgehead atoms. The van der Waals surface area contributed by atoms with Crippen molar-refractivity contribution in [1.82, 2.24) is 15.3 Å². The fourth-order valence-electron chi connectivity index (χ4n) is 1.91. The Kier molecular flexibility index (Phi) is 5.55. The number of aromatic nitrogens is 2. The molecular formula is C15H16ClN3O3. The van der Waals surface area contributed by atoms with Gasteiger partial charge in [0.1, 0.15) is 22.3 Å². The zero-order valence-electron chi connectivity index (χ0n) is 12.3. The molecule has 0 spiro atoms. The van der Waals surface area contributed by atoms with Crippen molar-refractivity contribution in [2.75, 3.05) is 20.8 Å². The molecule has 2 aromatic rings. The van der Waals surface area contributed by atoms with Crippen molar-refractivity contribution in [3.8, 4) is 11.5 Å². The minimum absolute atomic E-state index is 0.224. The van der Waals surface area contributed by atoms with Crippen molar-refractivity contribution in [2.24, 2.45) is 0 Å². The van der Waals surface area contributed by atoms with Crippen LogP contribution in [-0.2, 0) is 6.42 Å². The van der Waals surface area contributed by atoms with E-state index in [1.54, 1.807) is 14.2 Å². The first-order valence-corrected chi connectivity index (χ1v) is 6.98. The van der Waals surface area contributed by atoms with Gasteiger partial charge in [-0.25, -0.2) is 9.97 Å². The first kappa shape index (κ1) is 16.0. The highest BCUT2D eigenvalue weighted by molar-refractivity contribution is 6.29. The molecule has 1 amide bonds. The van der Waals surface area contributed by atoms with E-state index in [0.29, 0.717) is 13.0 Å². The van der Waals surface area contributed by atoms with E-state index in [1.807, 2.05) is 18.2 Å². The standard InChI is InChI=1S/C15H16ClN3O3/c1-21-11-3-4-13(22-2)10(7-11)5-6-17-15(20)12-8-19-14(16)9-18-12/h3-4,7-9H,5-6H2,1-2H3,(H,17,20). The molecular weight excluding hydrogens is 306 g/mol. The van der Waals surface area contributed by atoms with Gasteiger partial charge in [-0.15, -0.1) is 0 Å². The lowest BCUT2D eigenvalue weighted by Crippen LogP contribution is -2.26. The number of amides is 1. The van der Waals surface area contributed by atoms with E-state index in [9.17, 15) is 4.79 Å². The Hall–Kier alpha value is -2.34. The minimum atomic E-state index is -0.300. The molecule has 0 saturated heterocycles. The van der Waals surface area contributed by atoms with Crippen LogP contribution in [-0.4, -0.2) is 36.6 Å². The molecule has 1 N–H and O–H groups in total. The van der Waals surface area contributed by atoms with Crippen LogP contribution in [0.3, 0.4) is 0 Å². The fraction of sp³-hybridized carbons (Fsp3) is 0.267. The van der Waals surface area contributed by atoms with E-state index < -0.39 is 0 Å². The average Bonchev–Trinajstić information content (AvgIpc) is 2.55. The number of halogens is 1. The number of ether oxygens (including phenoxy) is 2. The van der Waals surface area contributed by atoms with Crippen molar-refractivity contribution in [1.29, 1.82) is 0 Å². The van der Waals surface area contributed by atoms with Gasteiger partial charge in [0.25, 0.3) is 5.91 Å². The van der Waals surface area contributed by atoms with E-state index in [2.05, 4.69) is 15.3 Å². The van der Waals surface area contributed by atoms with Gasteiger partial charge in [-0.1, -0.05) is 11.6 Å². The zero-order valence-corrected chi connectivity index (χ0v) is 13.1. The van der Waals surface area contributed by atoms with E-state index in [-0.39, 0.29) is 16.8 Å². The highest BCUT2D eigenvalue weighted by Gasteiger charge is 2.09. The number of carbonyl (C=O) groups is 1. The maximum absolute atomic E-state index is 11.9. The molecule has 1 heterocycles. The molecule has 7 heteroatoms. The van der Waals surface area contributed by atoms with E-state index in [1.165, 1.54) is 12.4 Å². The molecule has 116 valence electrons. The van der Waals surface area contributed by atoms with Gasteiger partial charge in [-0.2, -0.15) is 0 Å². The molecule has 1 aromatic heterocycles. The normalized spacial score (nSPS) is 10.1. The predicted molar refractivity (Wildman–Crippen MR) is 82.6 cm³/mol. The van der Waals surface area contributed by atoms with Crippen molar-refractivity contribution < 1.29 is 14.3 Å². The third-order valence-corrected chi connectivity index (χ3v) is 3.22. The van der Waals surface area contributed by atoms with Crippen LogP contribution in [0, 0.1) is 0 Å². The van der Waals surface area contributed by atoms with Crippen molar-refractivity contribution in [3.63, 3.8) is 0 Å². The Bertz CT molecular complexity index is 647. The molecule has 2 rings (SSSR count). The first-order valence-electron chi connectivity index (χ1n) is 6.60. The topological polar surface area (TPSA) is 73.3 Å². The molecule has 22 heavy (non-hydrogen) atoms. The summed E-state index contributed by atoms with van der Waals surface area (Å²) in [6.45, 7) is 0.437. The van der Waals surface area contributed by atoms with Crippen molar-refractivity contribution in [3.05, 3.63) is 47.0 Å². The van der Waals surface area contributed by atoms with Crippen LogP contribution in [0.5, 0.6) is 11.5 Å². The third kappa shape index (κ3) is 4.08. The summed E-state index contributed by atoms with van der Waals surface area (Å²) in [5, 5.41) is 3.02. The van der Waals surface area contributed by atoms with Gasteiger partial charge in [0.15, 0.2) is 0 Å². The summed E-state index contributed by atoms with van der Waals surface area (Å²) in [5.74, 6) is 1.19. The predicted octanol–water partition coefficient (Wildman–Crippen LogP) is 2.12. The van der Waals surface area contributed by atoms with Crippen molar-refractivity contribution >= 4 is 17.5 Å². The second-order valence-electron chi connectivity index (χ2n) is 4.41. The maximum atomic E-state index is 11.9. The van der Waals surface area contributed by atoms with Crippen LogP contribution in [0.4, 0.5) is 0 Å². The number of carbonyl (C=O) groups excluding carboxylic acids is 1. The maximum Gasteiger partial charge on any atom is 0.271 e. The van der Waals surface area contributed by atoms with Gasteiger partial charge in [-0.05, 0) is 30.2 Å². The smallest absolute Gasteiger partial charge is 0.271 e. The summed E-state index contributed by atoms with van der Waals surface area (Å²) in [6.07, 6.45) is 3.28. The lowest BCUT2D eigenvalue weighted by molar-refractivity contribution is 0.0948. The van der Waals surface area contributed by atoms with E-state index >= 15 is 0 Å². The molecule has 0 saturated carbocycles. The molecule has 0 aliphatic rings. The second kappa shape index (κ2) is 7.61. The quantitative estimate of drug-likeness (QED) is 0.882. The Balaban J connectivity index is 1.95. The third-order valence-electron chi connectivity index (χ3n) is 3.02. The Morgan fingerprint density at radius 2 is 2.05 bits per heavy atom. The van der Waals surface area contributed by atoms with E-state index in [0.717, 1.165) is 17.1 Å². The van der Waals surface area contributed by atoms with Crippen LogP contribution in [0.25, 0.3) is 0 Å². The Morgan fingerprint density at radius 3 is 2.68 bits per heavy atom. The summed E-state index contributed by atoms with van der Waals surface area (Å²) in [7, 11) is 3.21. The van der Waals surface area contributed by atoms with Crippen LogP contribution in [0.2, 0.25) is 5.15 Å². The lowest BCUT2D eigenvalue weighted by Gasteiger charge is -2.11. The largest absolute Gasteiger partial charge is 0.497 e. The lowest BCUT2D eigenvalue weighted by atomic mass is 10.1. The zero-order chi connectivity index (χ0) is 15.9. The molecule has 0 aliphatic carbocycles. The molecule has 0 fully saturated rings. The van der Waals surface area contributed by atoms with Gasteiger partial charge in [0.05, 0.1) is 26.6 Å². The molecule has 0 atom stereocenters. The molecule has 0 radical (unpaired) electrons. The molecule has 6 nitrogen and oxygen atoms in total. The monoisotopic (exact) mass is 321 g/mol. The number of rotatable bonds is 6. The summed E-state index contributed by atoms with van der Waals surface area (Å²) in [6, 6.07) is 5.54. The number of nitrogens with one attached hydrogen (secondary N) is 1. The van der Waals surface area contributed by atoms with Crippen LogP contribution < -0.4 is 14.8 Å². The van der Waals surface area contributed by atoms with Gasteiger partial charge in [0, 0.05) is 6.54 Å². The van der Waals surface area contributed by atoms with E-state index in [4.69, 9.17) is 21.1 Å². The summed E-state index contributed by atoms with van der Waals surface area (Å²) >= 11 is 5.63. The average molecular weight is 322 g/mol. The summed E-state index contributed by atoms with van der Waals surface area (Å²) < 4.78 is 10.5. The highest BCUT2D eigenvalue weighted by atomic mass is 35.5. The highest BCUT2D eigenvalue weighted by Crippen LogP contribution is 2.24. The first-order chi connectivity index (χ1) is 10.6. The minimum Gasteiger partial charge on any atom is -0.497 e. The van der Waals surface area contributed by atoms with Gasteiger partial charge in [0.2, 0.25) is 0 Å². The second-order valence-corrected chi connectivity index (χ2v) is 4.80. The van der Waals surface area contributed by atoms with Gasteiger partial charge < -0.3 is 14.8 Å². The van der Waals surface area contributed by atoms with Gasteiger partial charge >= 0.3 is 0 Å². The Labute approximate surface area is 133 Å². The molecule has 1 aromatic carbocycles. The number of methoxy groups -OCH3 is 2. The fourth-order valence-corrected chi connectivity index (χ4v) is 2.01. The number of hydrogen-bond donors (Lipinski definition) is 1. The van der Waals surface area contributed by atoms with Crippen LogP contribution in [0.15, 0.2) is 30.6 Å². The summed E-state index contributed by atoms with van der Waals surface area (Å²) in [4.78, 5) is 19.6. The number of hydrogen-bond acceptors (Lipinski definition) is 5. The SMILES string of the molecule is COc1ccc(OC)c(CCNC(=O)c2cnc(Cl)cn2)c1. The van der Waals surface area contributed by atoms with Crippen molar-refractivity contribution in [2.45, 2.75) is 6.42 Å². The molecule has 0 unspecified atom stereocenters. The summed E-state index contributed by atoms with van der Waals surface area (Å²) in [5.41, 5.74) is 1.17. The number of nitrogens with zero attached hydrogens (tertiary/aromatic N) is 2. The molecule has 0 aliphatic heterocycles. The Morgan fingerprint density at radius 1 is 1.23 bits per heavy atom. The van der Waals surface area contributed by atoms with Crippen LogP contribution >= 0.6 is 11.6 Å².